The summed E-state index contributed by atoms with van der Waals surface area (Å²) in [6.07, 6.45) is -2.74. The predicted molar refractivity (Wildman–Crippen MR) is 70.7 cm³/mol. The molecule has 0 unspecified atom stereocenters. The zero-order valence-corrected chi connectivity index (χ0v) is 12.3. The topological polar surface area (TPSA) is 89.6 Å². The van der Waals surface area contributed by atoms with Crippen LogP contribution in [0, 0.1) is 0 Å². The zero-order valence-electron chi connectivity index (χ0n) is 9.80. The van der Waals surface area contributed by atoms with E-state index < -0.39 is 11.9 Å². The highest BCUT2D eigenvalue weighted by molar-refractivity contribution is 8.02. The molecule has 0 bridgehead atoms. The lowest BCUT2D eigenvalue weighted by molar-refractivity contribution is -0.141. The average molecular weight is 340 g/mol. The van der Waals surface area contributed by atoms with Crippen molar-refractivity contribution in [1.29, 1.82) is 0 Å². The average Bonchev–Trinajstić information content (AvgIpc) is 2.85. The van der Waals surface area contributed by atoms with Crippen molar-refractivity contribution in [1.82, 2.24) is 20.2 Å². The lowest BCUT2D eigenvalue weighted by Gasteiger charge is -2.08. The van der Waals surface area contributed by atoms with Crippen LogP contribution in [-0.4, -0.2) is 26.4 Å². The number of nitrogen functional groups attached to an aromatic ring is 1. The summed E-state index contributed by atoms with van der Waals surface area (Å²) in [7, 11) is 0. The van der Waals surface area contributed by atoms with Gasteiger partial charge in [0.2, 0.25) is 5.95 Å². The van der Waals surface area contributed by atoms with Gasteiger partial charge in [-0.2, -0.15) is 13.2 Å². The van der Waals surface area contributed by atoms with Gasteiger partial charge >= 0.3 is 6.18 Å². The van der Waals surface area contributed by atoms with E-state index in [0.29, 0.717) is 4.34 Å². The van der Waals surface area contributed by atoms with E-state index in [1.54, 1.807) is 0 Å². The fourth-order valence-corrected chi connectivity index (χ4v) is 3.48. The van der Waals surface area contributed by atoms with Crippen LogP contribution in [0.1, 0.15) is 5.69 Å². The third-order valence-corrected chi connectivity index (χ3v) is 4.74. The Morgan fingerprint density at radius 2 is 1.95 bits per heavy atom. The third-order valence-electron chi connectivity index (χ3n) is 1.88. The van der Waals surface area contributed by atoms with Crippen LogP contribution >= 0.6 is 34.9 Å². The highest BCUT2D eigenvalue weighted by Gasteiger charge is 2.33. The number of alkyl halides is 3. The molecule has 0 radical (unpaired) electrons. The molecule has 20 heavy (non-hydrogen) atoms. The summed E-state index contributed by atoms with van der Waals surface area (Å²) in [6.45, 7) is 0. The molecule has 2 aromatic heterocycles. The molecule has 0 aliphatic heterocycles. The van der Waals surface area contributed by atoms with Gasteiger partial charge in [0.1, 0.15) is 5.03 Å². The molecule has 0 saturated heterocycles. The number of hydrogen-bond donors (Lipinski definition) is 2. The van der Waals surface area contributed by atoms with Crippen molar-refractivity contribution in [2.24, 2.45) is 5.84 Å². The first-order valence-corrected chi connectivity index (χ1v) is 7.76. The van der Waals surface area contributed by atoms with Crippen LogP contribution in [-0.2, 0) is 6.18 Å². The first-order valence-electron chi connectivity index (χ1n) is 4.90. The number of rotatable bonds is 4. The van der Waals surface area contributed by atoms with E-state index in [4.69, 9.17) is 5.84 Å². The number of nitrogens with two attached hydrogens (primary N) is 1. The maximum absolute atomic E-state index is 12.7. The van der Waals surface area contributed by atoms with Crippen LogP contribution in [0.15, 0.2) is 19.8 Å². The molecule has 12 heteroatoms. The zero-order chi connectivity index (χ0) is 14.8. The van der Waals surface area contributed by atoms with Gasteiger partial charge in [-0.25, -0.2) is 15.8 Å². The number of nitrogens with one attached hydrogen (secondary N) is 1. The molecular weight excluding hydrogens is 333 g/mol. The maximum Gasteiger partial charge on any atom is 0.433 e. The lowest BCUT2D eigenvalue weighted by Crippen LogP contribution is -2.15. The smallest absolute Gasteiger partial charge is 0.292 e. The Balaban J connectivity index is 2.31. The van der Waals surface area contributed by atoms with Gasteiger partial charge in [-0.3, -0.25) is 5.43 Å². The summed E-state index contributed by atoms with van der Waals surface area (Å²) in [4.78, 5) is 7.11. The number of nitrogens with zero attached hydrogens (tertiary/aromatic N) is 4. The molecular formula is C8H7F3N6S3. The maximum atomic E-state index is 12.7. The van der Waals surface area contributed by atoms with Gasteiger partial charge in [0, 0.05) is 6.07 Å². The summed E-state index contributed by atoms with van der Waals surface area (Å²) in [6, 6.07) is 0.839. The molecule has 2 rings (SSSR count). The van der Waals surface area contributed by atoms with Crippen LogP contribution in [0.2, 0.25) is 0 Å². The van der Waals surface area contributed by atoms with Crippen molar-refractivity contribution in [3.8, 4) is 0 Å². The van der Waals surface area contributed by atoms with Crippen LogP contribution < -0.4 is 11.3 Å². The molecule has 2 heterocycles. The van der Waals surface area contributed by atoms with Gasteiger partial charge < -0.3 is 0 Å². The van der Waals surface area contributed by atoms with E-state index in [-0.39, 0.29) is 11.0 Å². The van der Waals surface area contributed by atoms with E-state index in [1.165, 1.54) is 23.1 Å². The van der Waals surface area contributed by atoms with Crippen LogP contribution in [0.3, 0.4) is 0 Å². The van der Waals surface area contributed by atoms with Gasteiger partial charge in [0.25, 0.3) is 0 Å². The molecule has 6 nitrogen and oxygen atoms in total. The molecule has 0 atom stereocenters. The van der Waals surface area contributed by atoms with E-state index in [9.17, 15) is 13.2 Å². The van der Waals surface area contributed by atoms with Gasteiger partial charge in [-0.1, -0.05) is 23.1 Å². The van der Waals surface area contributed by atoms with Crippen molar-refractivity contribution in [2.45, 2.75) is 19.9 Å². The SMILES string of the molecule is CSc1nnc(Sc2cc(C(F)(F)F)nc(NN)n2)s1. The van der Waals surface area contributed by atoms with Gasteiger partial charge in [-0.05, 0) is 18.0 Å². The van der Waals surface area contributed by atoms with Crippen molar-refractivity contribution >= 4 is 40.8 Å². The molecule has 0 fully saturated rings. The number of anilines is 1. The number of thioether (sulfide) groups is 1. The molecule has 0 amide bonds. The van der Waals surface area contributed by atoms with Crippen molar-refractivity contribution in [3.05, 3.63) is 11.8 Å². The minimum Gasteiger partial charge on any atom is -0.292 e. The molecule has 0 saturated carbocycles. The molecule has 108 valence electrons. The van der Waals surface area contributed by atoms with Crippen LogP contribution in [0.5, 0.6) is 0 Å². The summed E-state index contributed by atoms with van der Waals surface area (Å²) in [5, 5.41) is 7.78. The summed E-state index contributed by atoms with van der Waals surface area (Å²) >= 11 is 3.64. The van der Waals surface area contributed by atoms with Gasteiger partial charge in [0.05, 0.1) is 0 Å². The monoisotopic (exact) mass is 340 g/mol. The number of hydrogen-bond acceptors (Lipinski definition) is 9. The van der Waals surface area contributed by atoms with E-state index in [0.717, 1.165) is 22.2 Å². The molecule has 3 N–H and O–H groups in total. The Labute approximate surface area is 123 Å². The number of aromatic nitrogens is 4. The van der Waals surface area contributed by atoms with Crippen LogP contribution in [0.25, 0.3) is 0 Å². The summed E-state index contributed by atoms with van der Waals surface area (Å²) in [5.41, 5.74) is 0.938. The second-order valence-corrected chi connectivity index (χ2v) is 6.50. The number of halogens is 3. The summed E-state index contributed by atoms with van der Waals surface area (Å²) < 4.78 is 39.3. The fourth-order valence-electron chi connectivity index (χ4n) is 1.10. The third kappa shape index (κ3) is 3.71. The largest absolute Gasteiger partial charge is 0.433 e. The van der Waals surface area contributed by atoms with Crippen molar-refractivity contribution < 1.29 is 13.2 Å². The minimum absolute atomic E-state index is 0.0871. The molecule has 0 aliphatic carbocycles. The van der Waals surface area contributed by atoms with Crippen molar-refractivity contribution in [2.75, 3.05) is 11.7 Å². The highest BCUT2D eigenvalue weighted by Crippen LogP contribution is 2.35. The van der Waals surface area contributed by atoms with E-state index in [1.807, 2.05) is 11.7 Å². The Kier molecular flexibility index (Phi) is 4.67. The summed E-state index contributed by atoms with van der Waals surface area (Å²) in [5.74, 6) is 4.76. The van der Waals surface area contributed by atoms with Crippen molar-refractivity contribution in [3.63, 3.8) is 0 Å². The second kappa shape index (κ2) is 6.11. The quantitative estimate of drug-likeness (QED) is 0.380. The number of hydrazine groups is 1. The highest BCUT2D eigenvalue weighted by atomic mass is 32.2. The van der Waals surface area contributed by atoms with Gasteiger partial charge in [-0.15, -0.1) is 10.2 Å². The Morgan fingerprint density at radius 3 is 2.50 bits per heavy atom. The minimum atomic E-state index is -4.57. The standard InChI is InChI=1S/C8H7F3N6S3/c1-18-6-16-17-7(20-6)19-4-2-3(8(9,10)11)13-5(14-4)15-12/h2H,12H2,1H3,(H,13,14,15). The van der Waals surface area contributed by atoms with Gasteiger partial charge in [0.15, 0.2) is 14.4 Å². The normalized spacial score (nSPS) is 11.7. The molecule has 0 spiro atoms. The Bertz CT molecular complexity index is 601. The molecule has 0 aliphatic rings. The lowest BCUT2D eigenvalue weighted by atomic mass is 10.4. The van der Waals surface area contributed by atoms with E-state index >= 15 is 0 Å². The van der Waals surface area contributed by atoms with Crippen LogP contribution in [0.4, 0.5) is 19.1 Å². The Hall–Kier alpha value is -1.11. The second-order valence-electron chi connectivity index (χ2n) is 3.20. The first-order chi connectivity index (χ1) is 9.42. The predicted octanol–water partition coefficient (Wildman–Crippen LogP) is 2.51. The fraction of sp³-hybridized carbons (Fsp3) is 0.250. The Morgan fingerprint density at radius 1 is 1.25 bits per heavy atom. The van der Waals surface area contributed by atoms with E-state index in [2.05, 4.69) is 20.2 Å². The molecule has 2 aromatic rings. The molecule has 0 aromatic carbocycles. The first kappa shape index (κ1) is 15.3.